The number of allylic oxidation sites excluding steroid dienone is 1. The molecular weight excluding hydrogens is 247 g/mol. The second kappa shape index (κ2) is 6.94. The smallest absolute Gasteiger partial charge is 0.124 e. The molecule has 0 aliphatic heterocycles. The first-order valence-electron chi connectivity index (χ1n) is 6.59. The minimum atomic E-state index is -0.299. The van der Waals surface area contributed by atoms with Gasteiger partial charge in [-0.15, -0.1) is 0 Å². The van der Waals surface area contributed by atoms with Crippen molar-refractivity contribution in [1.82, 2.24) is 0 Å². The second-order valence-corrected chi connectivity index (χ2v) is 5.67. The Balaban J connectivity index is 2.94. The third kappa shape index (κ3) is 4.13. The maximum Gasteiger partial charge on any atom is 0.124 e. The van der Waals surface area contributed by atoms with Gasteiger partial charge < -0.3 is 0 Å². The monoisotopic (exact) mass is 268 g/mol. The van der Waals surface area contributed by atoms with E-state index < -0.39 is 0 Å². The quantitative estimate of drug-likeness (QED) is 0.598. The van der Waals surface area contributed by atoms with Gasteiger partial charge in [0, 0.05) is 0 Å². The molecule has 0 radical (unpaired) electrons. The lowest BCUT2D eigenvalue weighted by Gasteiger charge is -2.22. The Morgan fingerprint density at radius 1 is 1.39 bits per heavy atom. The molecule has 0 heterocycles. The van der Waals surface area contributed by atoms with E-state index in [-0.39, 0.29) is 5.82 Å². The number of rotatable bonds is 6. The van der Waals surface area contributed by atoms with Crippen LogP contribution in [0.1, 0.15) is 45.6 Å². The largest absolute Gasteiger partial charge is 0.207 e. The Hall–Kier alpha value is -0.820. The highest BCUT2D eigenvalue weighted by molar-refractivity contribution is 6.32. The summed E-state index contributed by atoms with van der Waals surface area (Å²) in [4.78, 5) is 0. The van der Waals surface area contributed by atoms with Crippen LogP contribution in [0.4, 0.5) is 4.39 Å². The summed E-state index contributed by atoms with van der Waals surface area (Å²) >= 11 is 6.10. The van der Waals surface area contributed by atoms with Crippen molar-refractivity contribution >= 4 is 17.2 Å². The van der Waals surface area contributed by atoms with Crippen molar-refractivity contribution in [2.24, 2.45) is 11.8 Å². The third-order valence-corrected chi connectivity index (χ3v) is 3.48. The van der Waals surface area contributed by atoms with Crippen LogP contribution in [0.2, 0.25) is 5.02 Å². The molecule has 0 aromatic heterocycles. The topological polar surface area (TPSA) is 0 Å². The summed E-state index contributed by atoms with van der Waals surface area (Å²) in [6, 6.07) is 4.55. The molecule has 0 fully saturated rings. The summed E-state index contributed by atoms with van der Waals surface area (Å²) in [5, 5.41) is 0.463. The van der Waals surface area contributed by atoms with Gasteiger partial charge in [-0.05, 0) is 47.9 Å². The number of hydrogen-bond acceptors (Lipinski definition) is 0. The first-order chi connectivity index (χ1) is 8.45. The molecule has 0 aliphatic rings. The highest BCUT2D eigenvalue weighted by atomic mass is 35.5. The summed E-state index contributed by atoms with van der Waals surface area (Å²) in [7, 11) is 0. The minimum Gasteiger partial charge on any atom is -0.207 e. The van der Waals surface area contributed by atoms with Gasteiger partial charge in [-0.25, -0.2) is 4.39 Å². The van der Waals surface area contributed by atoms with Gasteiger partial charge in [-0.1, -0.05) is 51.4 Å². The normalized spacial score (nSPS) is 12.8. The summed E-state index contributed by atoms with van der Waals surface area (Å²) in [5.41, 5.74) is 1.92. The van der Waals surface area contributed by atoms with Crippen molar-refractivity contribution in [1.29, 1.82) is 0 Å². The predicted molar refractivity (Wildman–Crippen MR) is 78.3 cm³/mol. The molecule has 0 nitrogen and oxygen atoms in total. The van der Waals surface area contributed by atoms with Crippen molar-refractivity contribution in [2.45, 2.75) is 40.0 Å². The van der Waals surface area contributed by atoms with Crippen LogP contribution in [0.25, 0.3) is 5.57 Å². The maximum atomic E-state index is 13.1. The molecular formula is C16H22ClF. The third-order valence-electron chi connectivity index (χ3n) is 3.16. The molecule has 0 amide bonds. The molecule has 0 bridgehead atoms. The molecule has 100 valence electrons. The van der Waals surface area contributed by atoms with Crippen molar-refractivity contribution in [2.75, 3.05) is 0 Å². The molecule has 0 N–H and O–H groups in total. The fraction of sp³-hybridized carbons (Fsp3) is 0.500. The van der Waals surface area contributed by atoms with Crippen molar-refractivity contribution in [3.05, 3.63) is 41.2 Å². The van der Waals surface area contributed by atoms with Gasteiger partial charge in [0.15, 0.2) is 0 Å². The van der Waals surface area contributed by atoms with Gasteiger partial charge in [-0.2, -0.15) is 0 Å². The lowest BCUT2D eigenvalue weighted by molar-refractivity contribution is 0.459. The fourth-order valence-corrected chi connectivity index (χ4v) is 2.61. The minimum absolute atomic E-state index is 0.299. The summed E-state index contributed by atoms with van der Waals surface area (Å²) in [6.45, 7) is 10.8. The lowest BCUT2D eigenvalue weighted by atomic mass is 9.84. The standard InChI is InChI=1S/C16H22ClF/c1-5-6-13(9-11(2)3)12(4)15-8-7-14(18)10-16(15)17/h7-8,10-11,13H,4-6,9H2,1-3H3. The highest BCUT2D eigenvalue weighted by Crippen LogP contribution is 2.34. The zero-order chi connectivity index (χ0) is 13.7. The molecule has 0 saturated carbocycles. The molecule has 1 aromatic carbocycles. The molecule has 1 atom stereocenters. The highest BCUT2D eigenvalue weighted by Gasteiger charge is 2.17. The van der Waals surface area contributed by atoms with Crippen LogP contribution in [0.5, 0.6) is 0 Å². The van der Waals surface area contributed by atoms with E-state index in [9.17, 15) is 4.39 Å². The average molecular weight is 269 g/mol. The van der Waals surface area contributed by atoms with Crippen molar-refractivity contribution < 1.29 is 4.39 Å². The molecule has 0 saturated heterocycles. The molecule has 1 rings (SSSR count). The van der Waals surface area contributed by atoms with E-state index >= 15 is 0 Å². The Morgan fingerprint density at radius 2 is 2.06 bits per heavy atom. The van der Waals surface area contributed by atoms with Crippen LogP contribution >= 0.6 is 11.6 Å². The first-order valence-corrected chi connectivity index (χ1v) is 6.97. The molecule has 2 heteroatoms. The van der Waals surface area contributed by atoms with Gasteiger partial charge in [0.2, 0.25) is 0 Å². The average Bonchev–Trinajstić information content (AvgIpc) is 2.27. The summed E-state index contributed by atoms with van der Waals surface area (Å²) < 4.78 is 13.1. The van der Waals surface area contributed by atoms with Crippen LogP contribution in [-0.4, -0.2) is 0 Å². The van der Waals surface area contributed by atoms with Crippen LogP contribution in [0.15, 0.2) is 24.8 Å². The maximum absolute atomic E-state index is 13.1. The molecule has 18 heavy (non-hydrogen) atoms. The Labute approximate surface area is 115 Å². The zero-order valence-electron chi connectivity index (χ0n) is 11.5. The lowest BCUT2D eigenvalue weighted by Crippen LogP contribution is -2.07. The number of hydrogen-bond donors (Lipinski definition) is 0. The van der Waals surface area contributed by atoms with Gasteiger partial charge >= 0.3 is 0 Å². The zero-order valence-corrected chi connectivity index (χ0v) is 12.2. The van der Waals surface area contributed by atoms with Crippen molar-refractivity contribution in [3.8, 4) is 0 Å². The molecule has 0 aliphatic carbocycles. The van der Waals surface area contributed by atoms with Gasteiger partial charge in [0.05, 0.1) is 5.02 Å². The van der Waals surface area contributed by atoms with Crippen LogP contribution in [-0.2, 0) is 0 Å². The fourth-order valence-electron chi connectivity index (χ4n) is 2.32. The summed E-state index contributed by atoms with van der Waals surface area (Å²) in [5.74, 6) is 0.753. The SMILES string of the molecule is C=C(c1ccc(F)cc1Cl)C(CCC)CC(C)C. The van der Waals surface area contributed by atoms with E-state index in [1.807, 2.05) is 0 Å². The van der Waals surface area contributed by atoms with Gasteiger partial charge in [-0.3, -0.25) is 0 Å². The van der Waals surface area contributed by atoms with Crippen LogP contribution in [0, 0.1) is 17.7 Å². The van der Waals surface area contributed by atoms with E-state index in [0.29, 0.717) is 16.9 Å². The molecule has 0 spiro atoms. The van der Waals surface area contributed by atoms with Gasteiger partial charge in [0.25, 0.3) is 0 Å². The number of benzene rings is 1. The first kappa shape index (κ1) is 15.2. The van der Waals surface area contributed by atoms with E-state index in [1.165, 1.54) is 12.1 Å². The van der Waals surface area contributed by atoms with E-state index in [2.05, 4.69) is 27.4 Å². The van der Waals surface area contributed by atoms with E-state index in [4.69, 9.17) is 11.6 Å². The second-order valence-electron chi connectivity index (χ2n) is 5.26. The Bertz CT molecular complexity index is 410. The van der Waals surface area contributed by atoms with E-state index in [0.717, 1.165) is 30.4 Å². The predicted octanol–water partition coefficient (Wildman–Crippen LogP) is 5.95. The molecule has 1 unspecified atom stereocenters. The molecule has 1 aromatic rings. The van der Waals surface area contributed by atoms with E-state index in [1.54, 1.807) is 6.07 Å². The van der Waals surface area contributed by atoms with Crippen LogP contribution < -0.4 is 0 Å². The Morgan fingerprint density at radius 3 is 2.56 bits per heavy atom. The Kier molecular flexibility index (Phi) is 5.87. The number of halogens is 2. The van der Waals surface area contributed by atoms with Gasteiger partial charge in [0.1, 0.15) is 5.82 Å². The summed E-state index contributed by atoms with van der Waals surface area (Å²) in [6.07, 6.45) is 3.32. The van der Waals surface area contributed by atoms with Crippen molar-refractivity contribution in [3.63, 3.8) is 0 Å². The van der Waals surface area contributed by atoms with Crippen LogP contribution in [0.3, 0.4) is 0 Å².